The molecule has 5 nitrogen and oxygen atoms in total. The Balaban J connectivity index is 2.01. The summed E-state index contributed by atoms with van der Waals surface area (Å²) in [7, 11) is 0. The maximum absolute atomic E-state index is 9.14. The lowest BCUT2D eigenvalue weighted by molar-refractivity contribution is 0.500. The molecule has 4 rings (SSSR count). The third-order valence-electron chi connectivity index (χ3n) is 5.67. The van der Waals surface area contributed by atoms with Crippen LogP contribution in [0.4, 0.5) is 5.82 Å². The molecule has 1 fully saturated rings. The van der Waals surface area contributed by atoms with Crippen LogP contribution in [0.2, 0.25) is 0 Å². The number of anilines is 1. The predicted molar refractivity (Wildman–Crippen MR) is 109 cm³/mol. The monoisotopic (exact) mass is 359 g/mol. The molecule has 0 saturated carbocycles. The van der Waals surface area contributed by atoms with E-state index in [1.54, 1.807) is 0 Å². The number of aromatic nitrogens is 3. The highest BCUT2D eigenvalue weighted by atomic mass is 15.3. The Bertz CT molecular complexity index is 1090. The summed E-state index contributed by atoms with van der Waals surface area (Å²) in [4.78, 5) is 11.8. The van der Waals surface area contributed by atoms with Gasteiger partial charge in [0.25, 0.3) is 0 Å². The zero-order valence-corrected chi connectivity index (χ0v) is 16.9. The summed E-state index contributed by atoms with van der Waals surface area (Å²) < 4.78 is 2.29. The second-order valence-electron chi connectivity index (χ2n) is 7.82. The normalized spacial score (nSPS) is 14.5. The van der Waals surface area contributed by atoms with Crippen LogP contribution in [0.5, 0.6) is 0 Å². The average molecular weight is 359 g/mol. The van der Waals surface area contributed by atoms with Crippen LogP contribution < -0.4 is 4.90 Å². The second kappa shape index (κ2) is 6.09. The number of fused-ring (bicyclic) bond motifs is 1. The Hall–Kier alpha value is -2.87. The van der Waals surface area contributed by atoms with Gasteiger partial charge in [0.2, 0.25) is 0 Å². The van der Waals surface area contributed by atoms with Crippen molar-refractivity contribution in [2.45, 2.75) is 41.5 Å². The lowest BCUT2D eigenvalue weighted by Gasteiger charge is -2.36. The van der Waals surface area contributed by atoms with Gasteiger partial charge in [-0.2, -0.15) is 5.26 Å². The van der Waals surface area contributed by atoms with Gasteiger partial charge in [0.1, 0.15) is 11.6 Å². The Morgan fingerprint density at radius 1 is 1.00 bits per heavy atom. The van der Waals surface area contributed by atoms with E-state index in [9.17, 15) is 0 Å². The highest BCUT2D eigenvalue weighted by molar-refractivity contribution is 5.94. The fourth-order valence-electron chi connectivity index (χ4n) is 4.31. The molecule has 0 atom stereocenters. The molecule has 0 bridgehead atoms. The first-order valence-electron chi connectivity index (χ1n) is 9.40. The van der Waals surface area contributed by atoms with E-state index >= 15 is 0 Å². The van der Waals surface area contributed by atoms with Crippen LogP contribution in [0, 0.1) is 58.8 Å². The Labute approximate surface area is 160 Å². The zero-order chi connectivity index (χ0) is 19.5. The standard InChI is InChI=1S/C22H25N5/c1-12-7-13(2)20(14(3)8-12)27-16(5)15(4)19-21(24-17(6)25-22(19)27)26-10-18(9-23)11-26/h7-8,18H,10-11H2,1-6H3. The average Bonchev–Trinajstić information content (AvgIpc) is 2.78. The van der Waals surface area contributed by atoms with Crippen molar-refractivity contribution in [1.29, 1.82) is 5.26 Å². The third kappa shape index (κ3) is 2.59. The molecule has 3 aromatic rings. The molecule has 5 heteroatoms. The Morgan fingerprint density at radius 3 is 2.22 bits per heavy atom. The topological polar surface area (TPSA) is 57.7 Å². The van der Waals surface area contributed by atoms with Crippen LogP contribution in [0.3, 0.4) is 0 Å². The molecular weight excluding hydrogens is 334 g/mol. The van der Waals surface area contributed by atoms with Crippen molar-refractivity contribution < 1.29 is 0 Å². The SMILES string of the molecule is Cc1cc(C)c(-n2c(C)c(C)c3c(N4CC(C#N)C4)nc(C)nc32)c(C)c1. The summed E-state index contributed by atoms with van der Waals surface area (Å²) in [5.41, 5.74) is 8.34. The van der Waals surface area contributed by atoms with E-state index in [1.807, 2.05) is 6.92 Å². The molecule has 27 heavy (non-hydrogen) atoms. The van der Waals surface area contributed by atoms with E-state index in [0.29, 0.717) is 0 Å². The van der Waals surface area contributed by atoms with E-state index < -0.39 is 0 Å². The summed E-state index contributed by atoms with van der Waals surface area (Å²) in [6.45, 7) is 14.2. The number of hydrogen-bond donors (Lipinski definition) is 0. The minimum Gasteiger partial charge on any atom is -0.353 e. The van der Waals surface area contributed by atoms with Crippen LogP contribution in [-0.4, -0.2) is 27.6 Å². The first-order valence-corrected chi connectivity index (χ1v) is 9.40. The minimum absolute atomic E-state index is 0.0976. The molecule has 138 valence electrons. The van der Waals surface area contributed by atoms with Crippen LogP contribution in [0.15, 0.2) is 12.1 Å². The van der Waals surface area contributed by atoms with Crippen LogP contribution in [0.1, 0.15) is 33.8 Å². The number of nitrogens with zero attached hydrogens (tertiary/aromatic N) is 5. The molecule has 0 aliphatic carbocycles. The van der Waals surface area contributed by atoms with E-state index in [4.69, 9.17) is 15.2 Å². The van der Waals surface area contributed by atoms with Gasteiger partial charge in [-0.25, -0.2) is 9.97 Å². The van der Waals surface area contributed by atoms with Gasteiger partial charge in [0, 0.05) is 18.8 Å². The molecule has 0 radical (unpaired) electrons. The van der Waals surface area contributed by atoms with Crippen LogP contribution >= 0.6 is 0 Å². The van der Waals surface area contributed by atoms with E-state index in [-0.39, 0.29) is 5.92 Å². The third-order valence-corrected chi connectivity index (χ3v) is 5.67. The van der Waals surface area contributed by atoms with Crippen LogP contribution in [0.25, 0.3) is 16.7 Å². The van der Waals surface area contributed by atoms with Crippen molar-refractivity contribution in [1.82, 2.24) is 14.5 Å². The number of rotatable bonds is 2. The number of aryl methyl sites for hydroxylation is 5. The predicted octanol–water partition coefficient (Wildman–Crippen LogP) is 4.23. The molecule has 0 amide bonds. The smallest absolute Gasteiger partial charge is 0.150 e. The molecule has 1 saturated heterocycles. The van der Waals surface area contributed by atoms with Gasteiger partial charge in [0.05, 0.1) is 23.1 Å². The molecule has 0 spiro atoms. The highest BCUT2D eigenvalue weighted by Crippen LogP contribution is 2.37. The first kappa shape index (κ1) is 17.5. The van der Waals surface area contributed by atoms with E-state index in [1.165, 1.54) is 33.6 Å². The lowest BCUT2D eigenvalue weighted by Crippen LogP contribution is -2.46. The molecule has 0 unspecified atom stereocenters. The van der Waals surface area contributed by atoms with Gasteiger partial charge >= 0.3 is 0 Å². The largest absolute Gasteiger partial charge is 0.353 e. The van der Waals surface area contributed by atoms with Crippen molar-refractivity contribution >= 4 is 16.9 Å². The van der Waals surface area contributed by atoms with Gasteiger partial charge in [-0.1, -0.05) is 17.7 Å². The molecular formula is C22H25N5. The zero-order valence-electron chi connectivity index (χ0n) is 16.9. The number of nitriles is 1. The maximum atomic E-state index is 9.14. The summed E-state index contributed by atoms with van der Waals surface area (Å²) in [5, 5.41) is 10.2. The number of benzene rings is 1. The van der Waals surface area contributed by atoms with Crippen molar-refractivity contribution in [3.63, 3.8) is 0 Å². The fourth-order valence-corrected chi connectivity index (χ4v) is 4.31. The van der Waals surface area contributed by atoms with Crippen LogP contribution in [-0.2, 0) is 0 Å². The summed E-state index contributed by atoms with van der Waals surface area (Å²) in [6.07, 6.45) is 0. The Kier molecular flexibility index (Phi) is 3.96. The van der Waals surface area contributed by atoms with Gasteiger partial charge in [0.15, 0.2) is 5.65 Å². The summed E-state index contributed by atoms with van der Waals surface area (Å²) >= 11 is 0. The maximum Gasteiger partial charge on any atom is 0.150 e. The number of hydrogen-bond acceptors (Lipinski definition) is 4. The molecule has 2 aromatic heterocycles. The lowest BCUT2D eigenvalue weighted by atomic mass is 10.0. The van der Waals surface area contributed by atoms with Gasteiger partial charge < -0.3 is 4.90 Å². The fraction of sp³-hybridized carbons (Fsp3) is 0.409. The molecule has 3 heterocycles. The van der Waals surface area contributed by atoms with Gasteiger partial charge in [-0.15, -0.1) is 0 Å². The summed E-state index contributed by atoms with van der Waals surface area (Å²) in [5.74, 6) is 1.82. The quantitative estimate of drug-likeness (QED) is 0.687. The molecule has 1 aliphatic rings. The van der Waals surface area contributed by atoms with Gasteiger partial charge in [-0.05, 0) is 58.2 Å². The Morgan fingerprint density at radius 2 is 1.63 bits per heavy atom. The van der Waals surface area contributed by atoms with Gasteiger partial charge in [-0.3, -0.25) is 4.57 Å². The first-order chi connectivity index (χ1) is 12.8. The van der Waals surface area contributed by atoms with Crippen molar-refractivity contribution in [2.24, 2.45) is 5.92 Å². The van der Waals surface area contributed by atoms with Crippen molar-refractivity contribution in [3.05, 3.63) is 45.9 Å². The molecule has 1 aromatic carbocycles. The van der Waals surface area contributed by atoms with E-state index in [2.05, 4.69) is 62.3 Å². The highest BCUT2D eigenvalue weighted by Gasteiger charge is 2.31. The second-order valence-corrected chi connectivity index (χ2v) is 7.82. The summed E-state index contributed by atoms with van der Waals surface area (Å²) in [6, 6.07) is 6.80. The van der Waals surface area contributed by atoms with Crippen molar-refractivity contribution in [2.75, 3.05) is 18.0 Å². The molecule has 1 aliphatic heterocycles. The van der Waals surface area contributed by atoms with E-state index in [0.717, 1.165) is 35.8 Å². The van der Waals surface area contributed by atoms with Crippen molar-refractivity contribution in [3.8, 4) is 11.8 Å². The minimum atomic E-state index is 0.0976. The molecule has 0 N–H and O–H groups in total.